The second-order valence-corrected chi connectivity index (χ2v) is 5.48. The van der Waals surface area contributed by atoms with Gasteiger partial charge in [-0.3, -0.25) is 0 Å². The van der Waals surface area contributed by atoms with Crippen LogP contribution in [0.1, 0.15) is 20.3 Å². The van der Waals surface area contributed by atoms with Gasteiger partial charge in [0, 0.05) is 24.3 Å². The van der Waals surface area contributed by atoms with Gasteiger partial charge in [-0.05, 0) is 44.5 Å². The Kier molecular flexibility index (Phi) is 4.13. The molecule has 0 spiro atoms. The van der Waals surface area contributed by atoms with Crippen LogP contribution in [0.5, 0.6) is 0 Å². The zero-order chi connectivity index (χ0) is 13.3. The van der Waals surface area contributed by atoms with Gasteiger partial charge in [0.1, 0.15) is 5.82 Å². The maximum absolute atomic E-state index is 13.5. The number of nitrogens with zero attached hydrogens (tertiary/aromatic N) is 1. The molecule has 0 saturated carbocycles. The molecular formula is C14H20ClFN2. The van der Waals surface area contributed by atoms with Crippen LogP contribution in [0.15, 0.2) is 18.2 Å². The summed E-state index contributed by atoms with van der Waals surface area (Å²) in [6.07, 6.45) is 1.08. The van der Waals surface area contributed by atoms with Crippen molar-refractivity contribution in [1.82, 2.24) is 5.32 Å². The predicted molar refractivity (Wildman–Crippen MR) is 74.8 cm³/mol. The second-order valence-electron chi connectivity index (χ2n) is 5.08. The Balaban J connectivity index is 2.21. The normalized spacial score (nSPS) is 28.5. The van der Waals surface area contributed by atoms with Crippen LogP contribution in [0, 0.1) is 11.7 Å². The SMILES string of the molecule is CNC1CCN(c2ccc(Cl)c(F)c2)C(C)C1C. The number of anilines is 1. The molecule has 1 saturated heterocycles. The first kappa shape index (κ1) is 13.6. The maximum atomic E-state index is 13.5. The van der Waals surface area contributed by atoms with Gasteiger partial charge in [0.15, 0.2) is 0 Å². The smallest absolute Gasteiger partial charge is 0.143 e. The summed E-state index contributed by atoms with van der Waals surface area (Å²) in [6.45, 7) is 5.38. The van der Waals surface area contributed by atoms with Crippen molar-refractivity contribution in [1.29, 1.82) is 0 Å². The molecule has 1 N–H and O–H groups in total. The van der Waals surface area contributed by atoms with Gasteiger partial charge in [-0.1, -0.05) is 18.5 Å². The van der Waals surface area contributed by atoms with Gasteiger partial charge in [0.05, 0.1) is 5.02 Å². The molecule has 0 amide bonds. The van der Waals surface area contributed by atoms with Crippen molar-refractivity contribution in [2.45, 2.75) is 32.4 Å². The molecule has 100 valence electrons. The van der Waals surface area contributed by atoms with Crippen LogP contribution in [0.4, 0.5) is 10.1 Å². The Hall–Kier alpha value is -0.800. The van der Waals surface area contributed by atoms with Crippen molar-refractivity contribution in [3.05, 3.63) is 29.0 Å². The van der Waals surface area contributed by atoms with Gasteiger partial charge in [0.2, 0.25) is 0 Å². The fourth-order valence-electron chi connectivity index (χ4n) is 2.80. The third-order valence-electron chi connectivity index (χ3n) is 4.17. The van der Waals surface area contributed by atoms with Gasteiger partial charge >= 0.3 is 0 Å². The third kappa shape index (κ3) is 2.47. The highest BCUT2D eigenvalue weighted by molar-refractivity contribution is 6.30. The molecule has 1 aliphatic heterocycles. The highest BCUT2D eigenvalue weighted by atomic mass is 35.5. The van der Waals surface area contributed by atoms with E-state index >= 15 is 0 Å². The number of rotatable bonds is 2. The molecule has 0 radical (unpaired) electrons. The van der Waals surface area contributed by atoms with Gasteiger partial charge in [-0.2, -0.15) is 0 Å². The van der Waals surface area contributed by atoms with E-state index < -0.39 is 0 Å². The summed E-state index contributed by atoms with van der Waals surface area (Å²) in [6, 6.07) is 5.98. The lowest BCUT2D eigenvalue weighted by Crippen LogP contribution is -2.52. The first-order valence-electron chi connectivity index (χ1n) is 6.43. The summed E-state index contributed by atoms with van der Waals surface area (Å²) >= 11 is 5.73. The fourth-order valence-corrected chi connectivity index (χ4v) is 2.92. The highest BCUT2D eigenvalue weighted by Crippen LogP contribution is 2.30. The molecule has 3 atom stereocenters. The predicted octanol–water partition coefficient (Wildman–Crippen LogP) is 3.30. The van der Waals surface area contributed by atoms with E-state index in [4.69, 9.17) is 11.6 Å². The van der Waals surface area contributed by atoms with Gasteiger partial charge in [-0.15, -0.1) is 0 Å². The van der Waals surface area contributed by atoms with Crippen molar-refractivity contribution < 1.29 is 4.39 Å². The number of hydrogen-bond donors (Lipinski definition) is 1. The van der Waals surface area contributed by atoms with Crippen LogP contribution >= 0.6 is 11.6 Å². The first-order valence-corrected chi connectivity index (χ1v) is 6.81. The first-order chi connectivity index (χ1) is 8.54. The largest absolute Gasteiger partial charge is 0.368 e. The zero-order valence-corrected chi connectivity index (χ0v) is 11.8. The average Bonchev–Trinajstić information content (AvgIpc) is 2.36. The minimum Gasteiger partial charge on any atom is -0.368 e. The lowest BCUT2D eigenvalue weighted by molar-refractivity contribution is 0.282. The zero-order valence-electron chi connectivity index (χ0n) is 11.1. The Bertz CT molecular complexity index is 424. The van der Waals surface area contributed by atoms with E-state index in [1.807, 2.05) is 13.1 Å². The molecule has 1 fully saturated rings. The summed E-state index contributed by atoms with van der Waals surface area (Å²) in [4.78, 5) is 2.26. The second kappa shape index (κ2) is 5.45. The Morgan fingerprint density at radius 1 is 1.39 bits per heavy atom. The number of halogens is 2. The molecule has 18 heavy (non-hydrogen) atoms. The number of hydrogen-bond acceptors (Lipinski definition) is 2. The standard InChI is InChI=1S/C14H20ClFN2/c1-9-10(2)18(7-6-14(9)17-3)11-4-5-12(15)13(16)8-11/h4-5,8-10,14,17H,6-7H2,1-3H3. The highest BCUT2D eigenvalue weighted by Gasteiger charge is 2.31. The molecule has 3 unspecified atom stereocenters. The van der Waals surface area contributed by atoms with E-state index in [0.717, 1.165) is 18.7 Å². The third-order valence-corrected chi connectivity index (χ3v) is 4.48. The minimum atomic E-state index is -0.343. The van der Waals surface area contributed by atoms with E-state index in [1.165, 1.54) is 6.07 Å². The topological polar surface area (TPSA) is 15.3 Å². The molecular weight excluding hydrogens is 251 g/mol. The van der Waals surface area contributed by atoms with Crippen molar-refractivity contribution in [2.24, 2.45) is 5.92 Å². The van der Waals surface area contributed by atoms with Crippen molar-refractivity contribution in [3.63, 3.8) is 0 Å². The van der Waals surface area contributed by atoms with Crippen LogP contribution in [0.2, 0.25) is 5.02 Å². The lowest BCUT2D eigenvalue weighted by Gasteiger charge is -2.44. The van der Waals surface area contributed by atoms with E-state index in [9.17, 15) is 4.39 Å². The average molecular weight is 271 g/mol. The molecule has 1 heterocycles. The summed E-state index contributed by atoms with van der Waals surface area (Å²) < 4.78 is 13.5. The van der Waals surface area contributed by atoms with Crippen LogP contribution in [-0.4, -0.2) is 25.7 Å². The fraction of sp³-hybridized carbons (Fsp3) is 0.571. The van der Waals surface area contributed by atoms with Crippen molar-refractivity contribution >= 4 is 17.3 Å². The monoisotopic (exact) mass is 270 g/mol. The molecule has 1 aliphatic rings. The summed E-state index contributed by atoms with van der Waals surface area (Å²) in [5, 5.41) is 3.54. The Morgan fingerprint density at radius 2 is 2.11 bits per heavy atom. The number of benzene rings is 1. The summed E-state index contributed by atoms with van der Waals surface area (Å²) in [5.74, 6) is 0.187. The molecule has 2 nitrogen and oxygen atoms in total. The van der Waals surface area contributed by atoms with Gasteiger partial charge in [-0.25, -0.2) is 4.39 Å². The van der Waals surface area contributed by atoms with E-state index in [2.05, 4.69) is 24.1 Å². The van der Waals surface area contributed by atoms with Crippen LogP contribution < -0.4 is 10.2 Å². The van der Waals surface area contributed by atoms with Crippen molar-refractivity contribution in [3.8, 4) is 0 Å². The van der Waals surface area contributed by atoms with E-state index in [-0.39, 0.29) is 10.8 Å². The molecule has 1 aromatic rings. The maximum Gasteiger partial charge on any atom is 0.143 e. The Morgan fingerprint density at radius 3 is 2.72 bits per heavy atom. The summed E-state index contributed by atoms with van der Waals surface area (Å²) in [7, 11) is 2.01. The van der Waals surface area contributed by atoms with Crippen LogP contribution in [0.3, 0.4) is 0 Å². The molecule has 2 rings (SSSR count). The van der Waals surface area contributed by atoms with E-state index in [0.29, 0.717) is 18.0 Å². The van der Waals surface area contributed by atoms with E-state index in [1.54, 1.807) is 6.07 Å². The van der Waals surface area contributed by atoms with Gasteiger partial charge in [0.25, 0.3) is 0 Å². The number of nitrogens with one attached hydrogen (secondary N) is 1. The quantitative estimate of drug-likeness (QED) is 0.887. The Labute approximate surface area is 113 Å². The lowest BCUT2D eigenvalue weighted by atomic mass is 9.87. The van der Waals surface area contributed by atoms with Crippen molar-refractivity contribution in [2.75, 3.05) is 18.5 Å². The molecule has 0 aromatic heterocycles. The molecule has 0 bridgehead atoms. The molecule has 4 heteroatoms. The summed E-state index contributed by atoms with van der Waals surface area (Å²) in [5.41, 5.74) is 0.922. The minimum absolute atomic E-state index is 0.185. The number of piperidine rings is 1. The van der Waals surface area contributed by atoms with Crippen LogP contribution in [-0.2, 0) is 0 Å². The molecule has 1 aromatic carbocycles. The van der Waals surface area contributed by atoms with Gasteiger partial charge < -0.3 is 10.2 Å². The molecule has 0 aliphatic carbocycles. The van der Waals surface area contributed by atoms with Crippen LogP contribution in [0.25, 0.3) is 0 Å².